The van der Waals surface area contributed by atoms with Crippen LogP contribution in [0, 0.1) is 3.57 Å². The van der Waals surface area contributed by atoms with Crippen LogP contribution in [0.15, 0.2) is 12.1 Å². The maximum atomic E-state index is 12.7. The molecule has 0 N–H and O–H groups in total. The molecule has 0 saturated heterocycles. The maximum absolute atomic E-state index is 12.7. The number of hydrogen-bond acceptors (Lipinski definition) is 2. The van der Waals surface area contributed by atoms with E-state index >= 15 is 0 Å². The van der Waals surface area contributed by atoms with Crippen molar-refractivity contribution in [2.75, 3.05) is 6.61 Å². The van der Waals surface area contributed by atoms with Gasteiger partial charge in [0.15, 0.2) is 5.75 Å². The van der Waals surface area contributed by atoms with E-state index in [4.69, 9.17) is 4.74 Å². The van der Waals surface area contributed by atoms with Gasteiger partial charge in [0.05, 0.1) is 10.2 Å². The van der Waals surface area contributed by atoms with Gasteiger partial charge in [-0.05, 0) is 41.6 Å². The van der Waals surface area contributed by atoms with Crippen LogP contribution < -0.4 is 9.47 Å². The summed E-state index contributed by atoms with van der Waals surface area (Å²) in [4.78, 5) is 0. The molecule has 0 aliphatic carbocycles. The first-order valence-corrected chi connectivity index (χ1v) is 5.91. The van der Waals surface area contributed by atoms with Gasteiger partial charge in [0.25, 0.3) is 0 Å². The second kappa shape index (κ2) is 5.63. The average molecular weight is 400 g/mol. The monoisotopic (exact) mass is 400 g/mol. The molecule has 1 aromatic carbocycles. The lowest BCUT2D eigenvalue weighted by Gasteiger charge is -2.18. The summed E-state index contributed by atoms with van der Waals surface area (Å²) >= 11 is 1.33. The molecule has 9 heteroatoms. The first kappa shape index (κ1) is 16.2. The summed E-state index contributed by atoms with van der Waals surface area (Å²) in [5, 5.41) is 0. The Kier molecular flexibility index (Phi) is 4.80. The topological polar surface area (TPSA) is 18.5 Å². The van der Waals surface area contributed by atoms with E-state index in [2.05, 4.69) is 4.74 Å². The molecule has 0 atom stereocenters. The number of hydrogen-bond donors (Lipinski definition) is 0. The first-order chi connectivity index (χ1) is 8.54. The highest BCUT2D eigenvalue weighted by Crippen LogP contribution is 2.43. The Labute approximate surface area is 117 Å². The van der Waals surface area contributed by atoms with Crippen LogP contribution >= 0.6 is 22.6 Å². The molecule has 19 heavy (non-hydrogen) atoms. The van der Waals surface area contributed by atoms with E-state index in [-0.39, 0.29) is 15.9 Å². The Morgan fingerprint density at radius 1 is 1.11 bits per heavy atom. The van der Waals surface area contributed by atoms with Gasteiger partial charge in [-0.3, -0.25) is 0 Å². The van der Waals surface area contributed by atoms with Gasteiger partial charge < -0.3 is 9.47 Å². The van der Waals surface area contributed by atoms with Crippen molar-refractivity contribution >= 4 is 22.6 Å². The Hall–Kier alpha value is -0.870. The predicted octanol–water partition coefficient (Wildman–Crippen LogP) is 4.61. The minimum Gasteiger partial charge on any atom is -0.494 e. The molecular weight excluding hydrogens is 393 g/mol. The lowest BCUT2D eigenvalue weighted by atomic mass is 10.2. The van der Waals surface area contributed by atoms with Crippen LogP contribution in [-0.4, -0.2) is 13.0 Å². The van der Waals surface area contributed by atoms with E-state index in [0.29, 0.717) is 6.07 Å². The molecule has 1 aromatic rings. The average Bonchev–Trinajstić information content (AvgIpc) is 2.18. The van der Waals surface area contributed by atoms with Gasteiger partial charge in [-0.25, -0.2) is 0 Å². The summed E-state index contributed by atoms with van der Waals surface area (Å²) in [5.74, 6) is -1.45. The van der Waals surface area contributed by atoms with Crippen LogP contribution in [0.5, 0.6) is 11.5 Å². The van der Waals surface area contributed by atoms with Gasteiger partial charge in [0.1, 0.15) is 11.3 Å². The van der Waals surface area contributed by atoms with Gasteiger partial charge in [-0.15, -0.1) is 13.2 Å². The van der Waals surface area contributed by atoms with Gasteiger partial charge in [0, 0.05) is 0 Å². The summed E-state index contributed by atoms with van der Waals surface area (Å²) < 4.78 is 82.5. The zero-order valence-electron chi connectivity index (χ0n) is 9.32. The van der Waals surface area contributed by atoms with Crippen molar-refractivity contribution in [3.05, 3.63) is 21.3 Å². The number of ether oxygens (including phenoxy) is 2. The summed E-state index contributed by atoms with van der Waals surface area (Å²) in [6, 6.07) is 1.52. The van der Waals surface area contributed by atoms with Crippen LogP contribution in [0.3, 0.4) is 0 Å². The second-order valence-corrected chi connectivity index (χ2v) is 4.42. The van der Waals surface area contributed by atoms with Gasteiger partial charge in [-0.1, -0.05) is 0 Å². The van der Waals surface area contributed by atoms with Gasteiger partial charge in [0.2, 0.25) is 0 Å². The molecule has 2 nitrogen and oxygen atoms in total. The fourth-order valence-corrected chi connectivity index (χ4v) is 1.96. The van der Waals surface area contributed by atoms with E-state index < -0.39 is 23.9 Å². The number of alkyl halides is 6. The number of halogens is 7. The van der Waals surface area contributed by atoms with Crippen molar-refractivity contribution in [2.45, 2.75) is 19.5 Å². The van der Waals surface area contributed by atoms with Crippen LogP contribution in [-0.2, 0) is 6.18 Å². The van der Waals surface area contributed by atoms with Crippen molar-refractivity contribution < 1.29 is 35.8 Å². The lowest BCUT2D eigenvalue weighted by Crippen LogP contribution is -2.21. The number of benzene rings is 1. The number of rotatable bonds is 3. The van der Waals surface area contributed by atoms with E-state index in [9.17, 15) is 26.3 Å². The normalized spacial score (nSPS) is 12.4. The molecule has 1 rings (SSSR count). The van der Waals surface area contributed by atoms with E-state index in [1.165, 1.54) is 22.6 Å². The predicted molar refractivity (Wildman–Crippen MR) is 62.0 cm³/mol. The Bertz CT molecular complexity index is 455. The highest BCUT2D eigenvalue weighted by Gasteiger charge is 2.41. The van der Waals surface area contributed by atoms with E-state index in [1.807, 2.05) is 0 Å². The molecule has 0 radical (unpaired) electrons. The van der Waals surface area contributed by atoms with Crippen molar-refractivity contribution in [1.29, 1.82) is 0 Å². The van der Waals surface area contributed by atoms with E-state index in [1.54, 1.807) is 6.92 Å². The fraction of sp³-hybridized carbons (Fsp3) is 0.400. The Morgan fingerprint density at radius 3 is 2.11 bits per heavy atom. The quantitative estimate of drug-likeness (QED) is 0.545. The molecule has 0 unspecified atom stereocenters. The molecule has 0 amide bonds. The zero-order chi connectivity index (χ0) is 14.8. The highest BCUT2D eigenvalue weighted by molar-refractivity contribution is 14.1. The smallest absolute Gasteiger partial charge is 0.494 e. The SMILES string of the molecule is CCOc1cc(I)c(OC(F)(F)F)c(C(F)(F)F)c1. The fourth-order valence-electron chi connectivity index (χ4n) is 1.25. The van der Waals surface area contributed by atoms with Crippen LogP contribution in [0.1, 0.15) is 12.5 Å². The molecule has 0 fully saturated rings. The molecule has 0 bridgehead atoms. The first-order valence-electron chi connectivity index (χ1n) is 4.84. The lowest BCUT2D eigenvalue weighted by molar-refractivity contribution is -0.276. The minimum absolute atomic E-state index is 0.0901. The molecule has 0 aliphatic rings. The standard InChI is InChI=1S/C10H7F6IO2/c1-2-18-5-3-6(9(11,12)13)8(7(17)4-5)19-10(14,15)16/h3-4H,2H2,1H3. The Balaban J connectivity index is 3.35. The zero-order valence-corrected chi connectivity index (χ0v) is 11.5. The third-order valence-electron chi connectivity index (χ3n) is 1.85. The maximum Gasteiger partial charge on any atom is 0.573 e. The third-order valence-corrected chi connectivity index (χ3v) is 2.65. The molecule has 0 aromatic heterocycles. The summed E-state index contributed by atoms with van der Waals surface area (Å²) in [6.07, 6.45) is -10.2. The van der Waals surface area contributed by atoms with Crippen LogP contribution in [0.25, 0.3) is 0 Å². The largest absolute Gasteiger partial charge is 0.573 e. The summed E-state index contributed by atoms with van der Waals surface area (Å²) in [5.41, 5.74) is -1.53. The van der Waals surface area contributed by atoms with Crippen molar-refractivity contribution in [2.24, 2.45) is 0 Å². The van der Waals surface area contributed by atoms with Crippen molar-refractivity contribution in [1.82, 2.24) is 0 Å². The molecule has 0 heterocycles. The molecule has 0 aliphatic heterocycles. The van der Waals surface area contributed by atoms with Crippen LogP contribution in [0.4, 0.5) is 26.3 Å². The van der Waals surface area contributed by atoms with Gasteiger partial charge >= 0.3 is 12.5 Å². The van der Waals surface area contributed by atoms with Gasteiger partial charge in [-0.2, -0.15) is 13.2 Å². The molecule has 0 saturated carbocycles. The van der Waals surface area contributed by atoms with E-state index in [0.717, 1.165) is 6.07 Å². The highest BCUT2D eigenvalue weighted by atomic mass is 127. The summed E-state index contributed by atoms with van der Waals surface area (Å²) in [6.45, 7) is 1.63. The van der Waals surface area contributed by atoms with Crippen LogP contribution in [0.2, 0.25) is 0 Å². The third kappa shape index (κ3) is 4.62. The Morgan fingerprint density at radius 2 is 1.68 bits per heavy atom. The minimum atomic E-state index is -5.20. The molecule has 0 spiro atoms. The molecular formula is C10H7F6IO2. The summed E-state index contributed by atoms with van der Waals surface area (Å²) in [7, 11) is 0. The molecule has 108 valence electrons. The van der Waals surface area contributed by atoms with Crippen molar-refractivity contribution in [3.63, 3.8) is 0 Å². The van der Waals surface area contributed by atoms with Crippen molar-refractivity contribution in [3.8, 4) is 11.5 Å². The second-order valence-electron chi connectivity index (χ2n) is 3.26.